The van der Waals surface area contributed by atoms with Gasteiger partial charge >= 0.3 is 0 Å². The molecule has 2 N–H and O–H groups in total. The third kappa shape index (κ3) is 4.79. The fourth-order valence-electron chi connectivity index (χ4n) is 3.48. The maximum atomic E-state index is 12.2. The average molecular weight is 315 g/mol. The highest BCUT2D eigenvalue weighted by atomic mass is 16.2. The van der Waals surface area contributed by atoms with E-state index >= 15 is 0 Å². The van der Waals surface area contributed by atoms with Crippen LogP contribution in [0.2, 0.25) is 0 Å². The number of nitrogens with zero attached hydrogens (tertiary/aromatic N) is 1. The Hall–Kier alpha value is -1.39. The second-order valence-corrected chi connectivity index (χ2v) is 7.15. The molecular formula is C19H29N3O. The molecule has 0 unspecified atom stereocenters. The highest BCUT2D eigenvalue weighted by molar-refractivity contribution is 5.94. The van der Waals surface area contributed by atoms with E-state index in [-0.39, 0.29) is 11.9 Å². The number of anilines is 1. The Kier molecular flexibility index (Phi) is 5.68. The molecule has 2 aliphatic heterocycles. The van der Waals surface area contributed by atoms with Crippen LogP contribution in [0.1, 0.15) is 44.6 Å². The Balaban J connectivity index is 1.49. The van der Waals surface area contributed by atoms with Crippen molar-refractivity contribution in [2.75, 3.05) is 25.0 Å². The summed E-state index contributed by atoms with van der Waals surface area (Å²) in [7, 11) is 0. The first-order valence-electron chi connectivity index (χ1n) is 9.06. The number of hydrogen-bond donors (Lipinski definition) is 2. The lowest BCUT2D eigenvalue weighted by atomic mass is 9.99. The van der Waals surface area contributed by atoms with Crippen molar-refractivity contribution in [1.82, 2.24) is 10.2 Å². The molecule has 2 aliphatic rings. The van der Waals surface area contributed by atoms with E-state index in [9.17, 15) is 4.79 Å². The van der Waals surface area contributed by atoms with E-state index in [4.69, 9.17) is 0 Å². The second kappa shape index (κ2) is 7.93. The minimum Gasteiger partial charge on any atom is -0.325 e. The van der Waals surface area contributed by atoms with Crippen LogP contribution in [0.4, 0.5) is 5.69 Å². The lowest BCUT2D eigenvalue weighted by molar-refractivity contribution is -0.118. The monoisotopic (exact) mass is 315 g/mol. The SMILES string of the molecule is CC1CCN(Cc2ccc(NC(=O)[C@H]3CCCCN3)cc2)CC1. The first kappa shape index (κ1) is 16.5. The van der Waals surface area contributed by atoms with Crippen molar-refractivity contribution in [1.29, 1.82) is 0 Å². The summed E-state index contributed by atoms with van der Waals surface area (Å²) in [6, 6.07) is 8.31. The van der Waals surface area contributed by atoms with Gasteiger partial charge in [0, 0.05) is 12.2 Å². The van der Waals surface area contributed by atoms with Crippen molar-refractivity contribution < 1.29 is 4.79 Å². The lowest BCUT2D eigenvalue weighted by Gasteiger charge is -2.30. The molecule has 23 heavy (non-hydrogen) atoms. The summed E-state index contributed by atoms with van der Waals surface area (Å²) < 4.78 is 0. The summed E-state index contributed by atoms with van der Waals surface area (Å²) in [6.45, 7) is 6.71. The van der Waals surface area contributed by atoms with Crippen molar-refractivity contribution in [3.63, 3.8) is 0 Å². The van der Waals surface area contributed by atoms with Crippen molar-refractivity contribution in [2.24, 2.45) is 5.92 Å². The molecule has 1 amide bonds. The summed E-state index contributed by atoms with van der Waals surface area (Å²) in [5.41, 5.74) is 2.23. The number of nitrogens with one attached hydrogen (secondary N) is 2. The molecule has 0 saturated carbocycles. The van der Waals surface area contributed by atoms with Crippen LogP contribution in [0.25, 0.3) is 0 Å². The van der Waals surface area contributed by atoms with Gasteiger partial charge in [0.2, 0.25) is 5.91 Å². The van der Waals surface area contributed by atoms with E-state index in [0.717, 1.165) is 37.5 Å². The van der Waals surface area contributed by atoms with Gasteiger partial charge in [0.15, 0.2) is 0 Å². The molecule has 2 heterocycles. The summed E-state index contributed by atoms with van der Waals surface area (Å²) in [4.78, 5) is 14.7. The van der Waals surface area contributed by atoms with Gasteiger partial charge < -0.3 is 10.6 Å². The molecule has 0 aliphatic carbocycles. The van der Waals surface area contributed by atoms with Crippen LogP contribution in [-0.2, 0) is 11.3 Å². The maximum absolute atomic E-state index is 12.2. The highest BCUT2D eigenvalue weighted by Crippen LogP contribution is 2.19. The summed E-state index contributed by atoms with van der Waals surface area (Å²) in [5.74, 6) is 0.972. The standard InChI is InChI=1S/C19H29N3O/c1-15-9-12-22(13-10-15)14-16-5-7-17(8-6-16)21-19(23)18-4-2-3-11-20-18/h5-8,15,18,20H,2-4,9-14H2,1H3,(H,21,23)/t18-/m1/s1. The maximum Gasteiger partial charge on any atom is 0.241 e. The van der Waals surface area contributed by atoms with Gasteiger partial charge in [-0.25, -0.2) is 0 Å². The van der Waals surface area contributed by atoms with Crippen LogP contribution in [0, 0.1) is 5.92 Å². The zero-order chi connectivity index (χ0) is 16.1. The van der Waals surface area contributed by atoms with Crippen LogP contribution in [0.5, 0.6) is 0 Å². The smallest absolute Gasteiger partial charge is 0.241 e. The normalized spacial score (nSPS) is 23.6. The van der Waals surface area contributed by atoms with E-state index in [1.54, 1.807) is 0 Å². The van der Waals surface area contributed by atoms with Gasteiger partial charge in [0.1, 0.15) is 0 Å². The van der Waals surface area contributed by atoms with Crippen LogP contribution < -0.4 is 10.6 Å². The molecule has 0 bridgehead atoms. The fourth-order valence-corrected chi connectivity index (χ4v) is 3.48. The number of hydrogen-bond acceptors (Lipinski definition) is 3. The molecule has 4 heteroatoms. The Bertz CT molecular complexity index is 500. The zero-order valence-electron chi connectivity index (χ0n) is 14.2. The number of amides is 1. The van der Waals surface area contributed by atoms with Crippen molar-refractivity contribution in [2.45, 2.75) is 51.6 Å². The van der Waals surface area contributed by atoms with Crippen molar-refractivity contribution in [3.05, 3.63) is 29.8 Å². The van der Waals surface area contributed by atoms with Crippen LogP contribution in [-0.4, -0.2) is 36.5 Å². The van der Waals surface area contributed by atoms with Crippen LogP contribution in [0.15, 0.2) is 24.3 Å². The number of likely N-dealkylation sites (tertiary alicyclic amines) is 1. The molecule has 1 atom stereocenters. The molecule has 0 spiro atoms. The van der Waals surface area contributed by atoms with Gasteiger partial charge in [-0.15, -0.1) is 0 Å². The Morgan fingerprint density at radius 1 is 1.17 bits per heavy atom. The minimum atomic E-state index is -0.0289. The van der Waals surface area contributed by atoms with E-state index in [0.29, 0.717) is 0 Å². The lowest BCUT2D eigenvalue weighted by Crippen LogP contribution is -2.43. The third-order valence-electron chi connectivity index (χ3n) is 5.13. The highest BCUT2D eigenvalue weighted by Gasteiger charge is 2.20. The first-order chi connectivity index (χ1) is 11.2. The molecular weight excluding hydrogens is 286 g/mol. The van der Waals surface area contributed by atoms with Crippen LogP contribution in [0.3, 0.4) is 0 Å². The Labute approximate surface area is 139 Å². The van der Waals surface area contributed by atoms with E-state index < -0.39 is 0 Å². The topological polar surface area (TPSA) is 44.4 Å². The van der Waals surface area contributed by atoms with Crippen molar-refractivity contribution >= 4 is 11.6 Å². The van der Waals surface area contributed by atoms with Crippen LogP contribution >= 0.6 is 0 Å². The minimum absolute atomic E-state index is 0.0289. The molecule has 126 valence electrons. The molecule has 0 radical (unpaired) electrons. The van der Waals surface area contributed by atoms with Gasteiger partial charge in [-0.05, 0) is 68.9 Å². The Morgan fingerprint density at radius 2 is 1.91 bits per heavy atom. The van der Waals surface area contributed by atoms with Gasteiger partial charge in [-0.1, -0.05) is 25.5 Å². The van der Waals surface area contributed by atoms with Gasteiger partial charge in [-0.2, -0.15) is 0 Å². The van der Waals surface area contributed by atoms with E-state index in [2.05, 4.69) is 34.6 Å². The van der Waals surface area contributed by atoms with Crippen molar-refractivity contribution in [3.8, 4) is 0 Å². The molecule has 1 aromatic rings. The summed E-state index contributed by atoms with van der Waals surface area (Å²) >= 11 is 0. The molecule has 2 saturated heterocycles. The summed E-state index contributed by atoms with van der Waals surface area (Å²) in [5, 5.41) is 6.32. The number of benzene rings is 1. The fraction of sp³-hybridized carbons (Fsp3) is 0.632. The van der Waals surface area contributed by atoms with E-state index in [1.165, 1.54) is 37.9 Å². The molecule has 1 aromatic carbocycles. The quantitative estimate of drug-likeness (QED) is 0.898. The molecule has 0 aromatic heterocycles. The summed E-state index contributed by atoms with van der Waals surface area (Å²) in [6.07, 6.45) is 5.87. The third-order valence-corrected chi connectivity index (χ3v) is 5.13. The largest absolute Gasteiger partial charge is 0.325 e. The predicted molar refractivity (Wildman–Crippen MR) is 94.4 cm³/mol. The number of carbonyl (C=O) groups excluding carboxylic acids is 1. The Morgan fingerprint density at radius 3 is 2.57 bits per heavy atom. The molecule has 2 fully saturated rings. The number of piperidine rings is 2. The van der Waals surface area contributed by atoms with E-state index in [1.807, 2.05) is 12.1 Å². The van der Waals surface area contributed by atoms with Gasteiger partial charge in [-0.3, -0.25) is 9.69 Å². The number of rotatable bonds is 4. The number of carbonyl (C=O) groups is 1. The van der Waals surface area contributed by atoms with Gasteiger partial charge in [0.05, 0.1) is 6.04 Å². The average Bonchev–Trinajstić information content (AvgIpc) is 2.59. The molecule has 3 rings (SSSR count). The first-order valence-corrected chi connectivity index (χ1v) is 9.06. The van der Waals surface area contributed by atoms with Gasteiger partial charge in [0.25, 0.3) is 0 Å². The molecule has 4 nitrogen and oxygen atoms in total. The second-order valence-electron chi connectivity index (χ2n) is 7.15. The predicted octanol–water partition coefficient (Wildman–Crippen LogP) is 3.00. The zero-order valence-corrected chi connectivity index (χ0v) is 14.2.